The minimum atomic E-state index is -1.19. The van der Waals surface area contributed by atoms with E-state index >= 15 is 0 Å². The predicted molar refractivity (Wildman–Crippen MR) is 154 cm³/mol. The number of hydrogen-bond donors (Lipinski definition) is 7. The molecule has 4 unspecified atom stereocenters. The number of hydrogen-bond acceptors (Lipinski definition) is 5. The number of carboxylic acid groups (broad SMARTS) is 1. The number of carboxylic acids is 1. The van der Waals surface area contributed by atoms with Crippen LogP contribution in [0.3, 0.4) is 0 Å². The van der Waals surface area contributed by atoms with E-state index in [1.807, 2.05) is 54.7 Å². The summed E-state index contributed by atoms with van der Waals surface area (Å²) >= 11 is 0. The van der Waals surface area contributed by atoms with Gasteiger partial charge in [0.2, 0.25) is 17.7 Å². The van der Waals surface area contributed by atoms with E-state index in [0.717, 1.165) is 45.9 Å². The molecule has 1 aliphatic rings. The number of para-hydroxylation sites is 2. The quantitative estimate of drug-likeness (QED) is 0.148. The van der Waals surface area contributed by atoms with Gasteiger partial charge in [0.05, 0.1) is 6.04 Å². The second-order valence-corrected chi connectivity index (χ2v) is 10.5. The predicted octanol–water partition coefficient (Wildman–Crippen LogP) is 1.75. The summed E-state index contributed by atoms with van der Waals surface area (Å²) in [5.74, 6) is -2.64. The van der Waals surface area contributed by atoms with Crippen LogP contribution in [0.2, 0.25) is 0 Å². The Hall–Kier alpha value is -4.64. The number of H-pyrrole nitrogens is 2. The van der Waals surface area contributed by atoms with Crippen molar-refractivity contribution in [2.45, 2.75) is 56.8 Å². The van der Waals surface area contributed by atoms with Crippen LogP contribution in [0.25, 0.3) is 21.8 Å². The highest BCUT2D eigenvalue weighted by molar-refractivity contribution is 5.95. The van der Waals surface area contributed by atoms with Crippen molar-refractivity contribution in [3.05, 3.63) is 72.1 Å². The molecule has 11 heteroatoms. The standard InChI is InChI=1S/C30H34N6O5/c1-17(30(40)41)34-28(38)25(13-18-15-32-22-9-4-2-7-20(18)22)36-29(39)26(35-27(37)24-11-6-12-31-24)14-19-16-33-23-10-5-3-8-21(19)23/h2-5,7-10,15-17,24-26,31-33H,6,11-14H2,1H3,(H,34,38)(H,35,37)(H,36,39)(H,40,41). The van der Waals surface area contributed by atoms with Crippen LogP contribution < -0.4 is 21.3 Å². The topological polar surface area (TPSA) is 168 Å². The van der Waals surface area contributed by atoms with Crippen LogP contribution in [0.5, 0.6) is 0 Å². The molecule has 4 atom stereocenters. The van der Waals surface area contributed by atoms with Gasteiger partial charge in [-0.3, -0.25) is 19.2 Å². The fourth-order valence-electron chi connectivity index (χ4n) is 5.29. The molecule has 0 saturated carbocycles. The van der Waals surface area contributed by atoms with Crippen molar-refractivity contribution in [1.29, 1.82) is 0 Å². The number of amides is 3. The molecule has 4 aromatic rings. The smallest absolute Gasteiger partial charge is 0.325 e. The highest BCUT2D eigenvalue weighted by atomic mass is 16.4. The molecule has 1 aliphatic heterocycles. The molecule has 214 valence electrons. The minimum Gasteiger partial charge on any atom is -0.480 e. The molecule has 3 amide bonds. The molecular formula is C30H34N6O5. The van der Waals surface area contributed by atoms with Gasteiger partial charge < -0.3 is 36.3 Å². The average Bonchev–Trinajstić information content (AvgIpc) is 3.73. The minimum absolute atomic E-state index is 0.117. The maximum Gasteiger partial charge on any atom is 0.325 e. The number of carbonyl (C=O) groups excluding carboxylic acids is 3. The number of fused-ring (bicyclic) bond motifs is 2. The summed E-state index contributed by atoms with van der Waals surface area (Å²) in [5, 5.41) is 22.5. The van der Waals surface area contributed by atoms with Crippen molar-refractivity contribution < 1.29 is 24.3 Å². The molecule has 1 fully saturated rings. The van der Waals surface area contributed by atoms with Crippen molar-refractivity contribution in [3.8, 4) is 0 Å². The van der Waals surface area contributed by atoms with Crippen LogP contribution in [0.1, 0.15) is 30.9 Å². The number of benzene rings is 2. The van der Waals surface area contributed by atoms with E-state index in [4.69, 9.17) is 0 Å². The number of rotatable bonds is 11. The van der Waals surface area contributed by atoms with Crippen molar-refractivity contribution in [2.75, 3.05) is 6.54 Å². The first-order chi connectivity index (χ1) is 19.8. The summed E-state index contributed by atoms with van der Waals surface area (Å²) < 4.78 is 0. The number of aromatic nitrogens is 2. The van der Waals surface area contributed by atoms with Gasteiger partial charge in [-0.25, -0.2) is 0 Å². The van der Waals surface area contributed by atoms with Gasteiger partial charge in [-0.1, -0.05) is 36.4 Å². The SMILES string of the molecule is CC(NC(=O)C(Cc1c[nH]c2ccccc12)NC(=O)C(Cc1c[nH]c2ccccc12)NC(=O)C1CCCN1)C(=O)O. The molecule has 5 rings (SSSR count). The molecule has 0 spiro atoms. The van der Waals surface area contributed by atoms with Crippen LogP contribution >= 0.6 is 0 Å². The Morgan fingerprint density at radius 3 is 1.90 bits per heavy atom. The summed E-state index contributed by atoms with van der Waals surface area (Å²) in [5.41, 5.74) is 3.42. The normalized spacial score (nSPS) is 17.1. The Kier molecular flexibility index (Phi) is 8.34. The highest BCUT2D eigenvalue weighted by Gasteiger charge is 2.32. The van der Waals surface area contributed by atoms with Gasteiger partial charge in [0.25, 0.3) is 0 Å². The molecule has 2 aromatic heterocycles. The number of aromatic amines is 2. The summed E-state index contributed by atoms with van der Waals surface area (Å²) in [6, 6.07) is 11.7. The summed E-state index contributed by atoms with van der Waals surface area (Å²) in [4.78, 5) is 58.0. The van der Waals surface area contributed by atoms with Crippen molar-refractivity contribution in [3.63, 3.8) is 0 Å². The zero-order valence-corrected chi connectivity index (χ0v) is 22.7. The summed E-state index contributed by atoms with van der Waals surface area (Å²) in [7, 11) is 0. The van der Waals surface area contributed by atoms with Crippen LogP contribution in [0.4, 0.5) is 0 Å². The third-order valence-corrected chi connectivity index (χ3v) is 7.57. The lowest BCUT2D eigenvalue weighted by Gasteiger charge is -2.25. The molecule has 0 radical (unpaired) electrons. The van der Waals surface area contributed by atoms with Crippen LogP contribution in [-0.2, 0) is 32.0 Å². The Labute approximate surface area is 236 Å². The van der Waals surface area contributed by atoms with E-state index < -0.39 is 42.0 Å². The van der Waals surface area contributed by atoms with Crippen molar-refractivity contribution >= 4 is 45.5 Å². The molecule has 11 nitrogen and oxygen atoms in total. The number of carbonyl (C=O) groups is 4. The van der Waals surface area contributed by atoms with Crippen LogP contribution in [0.15, 0.2) is 60.9 Å². The van der Waals surface area contributed by atoms with Crippen molar-refractivity contribution in [2.24, 2.45) is 0 Å². The maximum atomic E-state index is 13.8. The lowest BCUT2D eigenvalue weighted by Crippen LogP contribution is -2.57. The fraction of sp³-hybridized carbons (Fsp3) is 0.333. The second kappa shape index (κ2) is 12.3. The monoisotopic (exact) mass is 558 g/mol. The Morgan fingerprint density at radius 2 is 1.37 bits per heavy atom. The van der Waals surface area contributed by atoms with E-state index in [-0.39, 0.29) is 18.7 Å². The highest BCUT2D eigenvalue weighted by Crippen LogP contribution is 2.21. The first kappa shape index (κ1) is 27.9. The van der Waals surface area contributed by atoms with E-state index in [1.165, 1.54) is 6.92 Å². The number of nitrogens with one attached hydrogen (secondary N) is 6. The zero-order chi connectivity index (χ0) is 28.9. The second-order valence-electron chi connectivity index (χ2n) is 10.5. The molecule has 0 bridgehead atoms. The van der Waals surface area contributed by atoms with Gasteiger partial charge in [0.1, 0.15) is 18.1 Å². The van der Waals surface area contributed by atoms with Crippen molar-refractivity contribution in [1.82, 2.24) is 31.2 Å². The lowest BCUT2D eigenvalue weighted by atomic mass is 10.0. The van der Waals surface area contributed by atoms with Gasteiger partial charge in [-0.05, 0) is 49.6 Å². The van der Waals surface area contributed by atoms with E-state index in [9.17, 15) is 24.3 Å². The van der Waals surface area contributed by atoms with E-state index in [0.29, 0.717) is 6.42 Å². The van der Waals surface area contributed by atoms with E-state index in [1.54, 1.807) is 6.20 Å². The number of aliphatic carboxylic acids is 1. The van der Waals surface area contributed by atoms with Gasteiger partial charge in [0.15, 0.2) is 0 Å². The third kappa shape index (κ3) is 6.41. The zero-order valence-electron chi connectivity index (χ0n) is 22.7. The lowest BCUT2D eigenvalue weighted by molar-refractivity contribution is -0.141. The van der Waals surface area contributed by atoms with Gasteiger partial charge in [-0.15, -0.1) is 0 Å². The van der Waals surface area contributed by atoms with Gasteiger partial charge in [-0.2, -0.15) is 0 Å². The maximum absolute atomic E-state index is 13.8. The Bertz CT molecular complexity index is 1570. The summed E-state index contributed by atoms with van der Waals surface area (Å²) in [6.07, 6.45) is 5.44. The molecular weight excluding hydrogens is 524 g/mol. The Morgan fingerprint density at radius 1 is 0.829 bits per heavy atom. The molecule has 3 heterocycles. The largest absolute Gasteiger partial charge is 0.480 e. The molecule has 7 N–H and O–H groups in total. The summed E-state index contributed by atoms with van der Waals surface area (Å²) in [6.45, 7) is 2.09. The van der Waals surface area contributed by atoms with E-state index in [2.05, 4.69) is 31.2 Å². The average molecular weight is 559 g/mol. The molecule has 2 aromatic carbocycles. The third-order valence-electron chi connectivity index (χ3n) is 7.57. The molecule has 1 saturated heterocycles. The van der Waals surface area contributed by atoms with Gasteiger partial charge >= 0.3 is 5.97 Å². The first-order valence-electron chi connectivity index (χ1n) is 13.8. The molecule has 0 aliphatic carbocycles. The van der Waals surface area contributed by atoms with Gasteiger partial charge in [0, 0.05) is 47.0 Å². The first-order valence-corrected chi connectivity index (χ1v) is 13.8. The fourth-order valence-corrected chi connectivity index (χ4v) is 5.29. The Balaban J connectivity index is 1.41. The van der Waals surface area contributed by atoms with Crippen LogP contribution in [0, 0.1) is 0 Å². The van der Waals surface area contributed by atoms with Crippen LogP contribution in [-0.4, -0.2) is 69.5 Å². The molecule has 41 heavy (non-hydrogen) atoms.